The van der Waals surface area contributed by atoms with Crippen molar-refractivity contribution in [1.29, 1.82) is 0 Å². The number of rotatable bonds is 7. The van der Waals surface area contributed by atoms with Gasteiger partial charge in [-0.15, -0.1) is 0 Å². The summed E-state index contributed by atoms with van der Waals surface area (Å²) in [6.07, 6.45) is 4.80. The van der Waals surface area contributed by atoms with Crippen molar-refractivity contribution in [2.75, 3.05) is 19.7 Å². The van der Waals surface area contributed by atoms with Gasteiger partial charge in [0.15, 0.2) is 0 Å². The summed E-state index contributed by atoms with van der Waals surface area (Å²) >= 11 is 6.62. The number of ether oxygens (including phenoxy) is 1. The van der Waals surface area contributed by atoms with Crippen molar-refractivity contribution in [2.45, 2.75) is 45.4 Å². The van der Waals surface area contributed by atoms with E-state index in [4.69, 9.17) is 16.3 Å². The van der Waals surface area contributed by atoms with Gasteiger partial charge in [-0.05, 0) is 48.9 Å². The van der Waals surface area contributed by atoms with E-state index >= 15 is 0 Å². The molecule has 0 bridgehead atoms. The van der Waals surface area contributed by atoms with Crippen molar-refractivity contribution in [2.24, 2.45) is 5.92 Å². The number of para-hydroxylation sites is 1. The van der Waals surface area contributed by atoms with Crippen molar-refractivity contribution >= 4 is 34.4 Å². The highest BCUT2D eigenvalue weighted by molar-refractivity contribution is 6.31. The van der Waals surface area contributed by atoms with Crippen LogP contribution >= 0.6 is 11.6 Å². The van der Waals surface area contributed by atoms with Crippen LogP contribution in [0.1, 0.15) is 55.7 Å². The largest absolute Gasteiger partial charge is 0.466 e. The molecule has 2 heterocycles. The molecule has 174 valence electrons. The predicted octanol–water partition coefficient (Wildman–Crippen LogP) is 5.71. The first-order valence-electron chi connectivity index (χ1n) is 11.8. The molecule has 0 radical (unpaired) electrons. The van der Waals surface area contributed by atoms with Gasteiger partial charge in [-0.3, -0.25) is 9.59 Å². The summed E-state index contributed by atoms with van der Waals surface area (Å²) in [4.78, 5) is 31.0. The lowest BCUT2D eigenvalue weighted by molar-refractivity contribution is -0.151. The normalized spacial score (nSPS) is 17.2. The molecule has 1 aliphatic rings. The predicted molar refractivity (Wildman–Crippen MR) is 132 cm³/mol. The SMILES string of the molecule is CCOC(=O)C1CCCN(C(=O)CC(c2ccccc2Cl)c2c[nH]c3c(CC)cccc23)C1. The van der Waals surface area contributed by atoms with Crippen LogP contribution in [0.4, 0.5) is 0 Å². The molecule has 1 amide bonds. The summed E-state index contributed by atoms with van der Waals surface area (Å²) in [5.41, 5.74) is 4.37. The zero-order chi connectivity index (χ0) is 23.4. The van der Waals surface area contributed by atoms with Gasteiger partial charge in [0, 0.05) is 47.6 Å². The fourth-order valence-electron chi connectivity index (χ4n) is 4.93. The molecular weight excluding hydrogens is 436 g/mol. The number of carbonyl (C=O) groups excluding carboxylic acids is 2. The van der Waals surface area contributed by atoms with E-state index in [1.165, 1.54) is 5.56 Å². The molecule has 1 fully saturated rings. The Morgan fingerprint density at radius 2 is 1.97 bits per heavy atom. The third-order valence-electron chi connectivity index (χ3n) is 6.64. The summed E-state index contributed by atoms with van der Waals surface area (Å²) in [6, 6.07) is 14.0. The molecule has 0 saturated carbocycles. The first kappa shape index (κ1) is 23.4. The minimum atomic E-state index is -0.249. The second-order valence-corrected chi connectivity index (χ2v) is 9.05. The molecule has 1 saturated heterocycles. The number of nitrogens with zero attached hydrogens (tertiary/aromatic N) is 1. The van der Waals surface area contributed by atoms with Crippen LogP contribution in [-0.2, 0) is 20.7 Å². The fourth-order valence-corrected chi connectivity index (χ4v) is 5.19. The third kappa shape index (κ3) is 4.93. The van der Waals surface area contributed by atoms with E-state index < -0.39 is 0 Å². The van der Waals surface area contributed by atoms with Crippen LogP contribution in [0.15, 0.2) is 48.7 Å². The molecule has 2 aromatic carbocycles. The Bertz CT molecular complexity index is 1140. The lowest BCUT2D eigenvalue weighted by atomic mass is 9.87. The third-order valence-corrected chi connectivity index (χ3v) is 6.99. The number of fused-ring (bicyclic) bond motifs is 1. The summed E-state index contributed by atoms with van der Waals surface area (Å²) in [6.45, 7) is 5.39. The fraction of sp³-hybridized carbons (Fsp3) is 0.407. The molecule has 2 atom stereocenters. The van der Waals surface area contributed by atoms with Crippen LogP contribution in [0.3, 0.4) is 0 Å². The van der Waals surface area contributed by atoms with Crippen LogP contribution in [-0.4, -0.2) is 41.5 Å². The smallest absolute Gasteiger partial charge is 0.310 e. The van der Waals surface area contributed by atoms with Gasteiger partial charge >= 0.3 is 5.97 Å². The number of aryl methyl sites for hydroxylation is 1. The number of hydrogen-bond donors (Lipinski definition) is 1. The van der Waals surface area contributed by atoms with Gasteiger partial charge in [0.25, 0.3) is 0 Å². The molecule has 0 spiro atoms. The van der Waals surface area contributed by atoms with E-state index in [1.807, 2.05) is 42.3 Å². The molecular formula is C27H31ClN2O3. The number of likely N-dealkylation sites (tertiary alicyclic amines) is 1. The first-order chi connectivity index (χ1) is 16.0. The second-order valence-electron chi connectivity index (χ2n) is 8.65. The highest BCUT2D eigenvalue weighted by atomic mass is 35.5. The number of aromatic amines is 1. The Morgan fingerprint density at radius 3 is 2.73 bits per heavy atom. The molecule has 33 heavy (non-hydrogen) atoms. The number of amides is 1. The molecule has 6 heteroatoms. The summed E-state index contributed by atoms with van der Waals surface area (Å²) in [5, 5.41) is 1.77. The molecule has 1 aromatic heterocycles. The minimum absolute atomic E-state index is 0.0370. The van der Waals surface area contributed by atoms with Crippen LogP contribution in [0.5, 0.6) is 0 Å². The number of carbonyl (C=O) groups is 2. The van der Waals surface area contributed by atoms with Crippen LogP contribution in [0.2, 0.25) is 5.02 Å². The minimum Gasteiger partial charge on any atom is -0.466 e. The van der Waals surface area contributed by atoms with Crippen molar-refractivity contribution in [3.05, 3.63) is 70.4 Å². The van der Waals surface area contributed by atoms with E-state index in [-0.39, 0.29) is 23.7 Å². The maximum Gasteiger partial charge on any atom is 0.310 e. The van der Waals surface area contributed by atoms with E-state index in [0.29, 0.717) is 31.1 Å². The molecule has 3 aromatic rings. The first-order valence-corrected chi connectivity index (χ1v) is 12.2. The Hall–Kier alpha value is -2.79. The number of esters is 1. The summed E-state index contributed by atoms with van der Waals surface area (Å²) < 4.78 is 5.21. The lowest BCUT2D eigenvalue weighted by Crippen LogP contribution is -2.43. The average molecular weight is 467 g/mol. The van der Waals surface area contributed by atoms with Gasteiger partial charge < -0.3 is 14.6 Å². The van der Waals surface area contributed by atoms with Gasteiger partial charge in [0.1, 0.15) is 0 Å². The maximum atomic E-state index is 13.5. The number of piperidine rings is 1. The molecule has 1 N–H and O–H groups in total. The molecule has 1 aliphatic heterocycles. The number of H-pyrrole nitrogens is 1. The molecule has 2 unspecified atom stereocenters. The Balaban J connectivity index is 1.65. The zero-order valence-corrected chi connectivity index (χ0v) is 20.0. The van der Waals surface area contributed by atoms with E-state index in [2.05, 4.69) is 30.1 Å². The van der Waals surface area contributed by atoms with Gasteiger partial charge in [0.2, 0.25) is 5.91 Å². The van der Waals surface area contributed by atoms with E-state index in [0.717, 1.165) is 41.3 Å². The quantitative estimate of drug-likeness (QED) is 0.454. The van der Waals surface area contributed by atoms with Gasteiger partial charge in [0.05, 0.1) is 12.5 Å². The van der Waals surface area contributed by atoms with Crippen LogP contribution < -0.4 is 0 Å². The number of hydrogen-bond acceptors (Lipinski definition) is 3. The average Bonchev–Trinajstić information content (AvgIpc) is 3.27. The van der Waals surface area contributed by atoms with E-state index in [1.54, 1.807) is 0 Å². The van der Waals surface area contributed by atoms with Gasteiger partial charge in [-0.1, -0.05) is 54.9 Å². The number of benzene rings is 2. The number of nitrogens with one attached hydrogen (secondary N) is 1. The number of aromatic nitrogens is 1. The standard InChI is InChI=1S/C27H31ClN2O3/c1-3-18-9-7-12-21-23(16-29-26(18)21)22(20-11-5-6-13-24(20)28)15-25(31)30-14-8-10-19(17-30)27(32)33-4-2/h5-7,9,11-13,16,19,22,29H,3-4,8,10,14-15,17H2,1-2H3. The second kappa shape index (κ2) is 10.4. The number of halogens is 1. The van der Waals surface area contributed by atoms with Crippen LogP contribution in [0.25, 0.3) is 10.9 Å². The Morgan fingerprint density at radius 1 is 1.15 bits per heavy atom. The van der Waals surface area contributed by atoms with Gasteiger partial charge in [-0.2, -0.15) is 0 Å². The zero-order valence-electron chi connectivity index (χ0n) is 19.3. The van der Waals surface area contributed by atoms with E-state index in [9.17, 15) is 9.59 Å². The molecule has 5 nitrogen and oxygen atoms in total. The lowest BCUT2D eigenvalue weighted by Gasteiger charge is -2.32. The van der Waals surface area contributed by atoms with Crippen molar-refractivity contribution in [3.63, 3.8) is 0 Å². The van der Waals surface area contributed by atoms with Crippen molar-refractivity contribution in [1.82, 2.24) is 9.88 Å². The Labute approximate surface area is 200 Å². The van der Waals surface area contributed by atoms with Crippen LogP contribution in [0, 0.1) is 5.92 Å². The highest BCUT2D eigenvalue weighted by Gasteiger charge is 2.32. The van der Waals surface area contributed by atoms with Crippen molar-refractivity contribution in [3.8, 4) is 0 Å². The molecule has 0 aliphatic carbocycles. The Kier molecular flexibility index (Phi) is 7.39. The summed E-state index contributed by atoms with van der Waals surface area (Å²) in [7, 11) is 0. The molecule has 4 rings (SSSR count). The summed E-state index contributed by atoms with van der Waals surface area (Å²) in [5.74, 6) is -0.604. The highest BCUT2D eigenvalue weighted by Crippen LogP contribution is 2.38. The van der Waals surface area contributed by atoms with Gasteiger partial charge in [-0.25, -0.2) is 0 Å². The maximum absolute atomic E-state index is 13.5. The topological polar surface area (TPSA) is 62.4 Å². The van der Waals surface area contributed by atoms with Crippen molar-refractivity contribution < 1.29 is 14.3 Å². The monoisotopic (exact) mass is 466 g/mol.